The number of hydrogen-bond acceptors (Lipinski definition) is 11. The molecule has 0 amide bonds. The predicted octanol–water partition coefficient (Wildman–Crippen LogP) is -0.245. The first kappa shape index (κ1) is 21.9. The smallest absolute Gasteiger partial charge is 0.229 e. The molecular weight excluding hydrogens is 428 g/mol. The molecule has 1 saturated heterocycles. The van der Waals surface area contributed by atoms with Crippen molar-refractivity contribution in [3.8, 4) is 34.3 Å². The van der Waals surface area contributed by atoms with Crippen molar-refractivity contribution >= 4 is 11.0 Å². The van der Waals surface area contributed by atoms with Gasteiger partial charge < -0.3 is 49.6 Å². The second-order valence-corrected chi connectivity index (χ2v) is 7.31. The molecular formula is C21H20O11. The van der Waals surface area contributed by atoms with Crippen LogP contribution in [0.2, 0.25) is 0 Å². The van der Waals surface area contributed by atoms with Crippen molar-refractivity contribution in [2.24, 2.45) is 0 Å². The summed E-state index contributed by atoms with van der Waals surface area (Å²) < 4.78 is 16.3. The maximum Gasteiger partial charge on any atom is 0.229 e. The van der Waals surface area contributed by atoms with E-state index in [1.807, 2.05) is 0 Å². The molecule has 1 aliphatic rings. The summed E-state index contributed by atoms with van der Waals surface area (Å²) in [5.74, 6) is -1.33. The zero-order chi connectivity index (χ0) is 23.2. The molecule has 0 bridgehead atoms. The van der Waals surface area contributed by atoms with Crippen LogP contribution in [0.4, 0.5) is 0 Å². The Morgan fingerprint density at radius 2 is 1.66 bits per heavy atom. The van der Waals surface area contributed by atoms with Crippen LogP contribution in [-0.4, -0.2) is 73.1 Å². The second kappa shape index (κ2) is 8.30. The van der Waals surface area contributed by atoms with Crippen molar-refractivity contribution in [2.75, 3.05) is 6.61 Å². The van der Waals surface area contributed by atoms with Gasteiger partial charge in [0.05, 0.1) is 6.61 Å². The minimum Gasteiger partial charge on any atom is -0.508 e. The number of hydrogen-bond donors (Lipinski definition) is 7. The lowest BCUT2D eigenvalue weighted by molar-refractivity contribution is -0.277. The summed E-state index contributed by atoms with van der Waals surface area (Å²) in [4.78, 5) is 12.4. The molecule has 5 atom stereocenters. The summed E-state index contributed by atoms with van der Waals surface area (Å²) in [5, 5.41) is 68.8. The van der Waals surface area contributed by atoms with Gasteiger partial charge in [0.1, 0.15) is 52.6 Å². The van der Waals surface area contributed by atoms with Crippen molar-refractivity contribution in [3.05, 3.63) is 46.6 Å². The SMILES string of the molecule is O=c1cc(-c2ccc(O)c(O[C@H]3O[C@H](CO)[C@@H](O)[C@H](O)[C@H]3O)c2)oc2cc(O)cc(O)c12. The van der Waals surface area contributed by atoms with Gasteiger partial charge in [-0.2, -0.15) is 0 Å². The van der Waals surface area contributed by atoms with Crippen LogP contribution in [0.5, 0.6) is 23.0 Å². The molecule has 0 saturated carbocycles. The first-order valence-corrected chi connectivity index (χ1v) is 9.50. The lowest BCUT2D eigenvalue weighted by Gasteiger charge is -2.39. The molecule has 2 aromatic carbocycles. The van der Waals surface area contributed by atoms with Gasteiger partial charge in [-0.05, 0) is 18.2 Å². The fourth-order valence-electron chi connectivity index (χ4n) is 3.45. The molecule has 0 spiro atoms. The summed E-state index contributed by atoms with van der Waals surface area (Å²) in [7, 11) is 0. The van der Waals surface area contributed by atoms with Crippen LogP contribution in [0, 0.1) is 0 Å². The molecule has 32 heavy (non-hydrogen) atoms. The third-order valence-corrected chi connectivity index (χ3v) is 5.13. The number of benzene rings is 2. The molecule has 2 heterocycles. The van der Waals surface area contributed by atoms with E-state index in [2.05, 4.69) is 0 Å². The van der Waals surface area contributed by atoms with E-state index < -0.39 is 48.5 Å². The number of aliphatic hydroxyl groups excluding tert-OH is 4. The van der Waals surface area contributed by atoms with Gasteiger partial charge in [-0.1, -0.05) is 0 Å². The highest BCUT2D eigenvalue weighted by molar-refractivity contribution is 5.86. The zero-order valence-electron chi connectivity index (χ0n) is 16.3. The second-order valence-electron chi connectivity index (χ2n) is 7.31. The van der Waals surface area contributed by atoms with Crippen molar-refractivity contribution in [3.63, 3.8) is 0 Å². The van der Waals surface area contributed by atoms with Crippen LogP contribution < -0.4 is 10.2 Å². The van der Waals surface area contributed by atoms with Crippen LogP contribution in [0.25, 0.3) is 22.3 Å². The molecule has 11 heteroatoms. The van der Waals surface area contributed by atoms with Gasteiger partial charge >= 0.3 is 0 Å². The Bertz CT molecular complexity index is 1200. The van der Waals surface area contributed by atoms with Crippen LogP contribution in [0.3, 0.4) is 0 Å². The third-order valence-electron chi connectivity index (χ3n) is 5.13. The Kier molecular flexibility index (Phi) is 5.67. The fourth-order valence-corrected chi connectivity index (χ4v) is 3.45. The summed E-state index contributed by atoms with van der Waals surface area (Å²) in [6, 6.07) is 7.16. The van der Waals surface area contributed by atoms with Crippen molar-refractivity contribution in [1.82, 2.24) is 0 Å². The standard InChI is InChI=1S/C21H20O11/c22-7-16-18(27)19(28)20(29)21(32-16)31-14-3-8(1-2-10(14)24)13-6-12(26)17-11(25)4-9(23)5-15(17)30-13/h1-6,16,18-25,27-29H,7H2/t16-,18-,19+,20-,21+/m1/s1. The van der Waals surface area contributed by atoms with E-state index >= 15 is 0 Å². The summed E-state index contributed by atoms with van der Waals surface area (Å²) in [6.07, 6.45) is -7.68. The zero-order valence-corrected chi connectivity index (χ0v) is 16.3. The predicted molar refractivity (Wildman–Crippen MR) is 107 cm³/mol. The van der Waals surface area contributed by atoms with E-state index in [0.29, 0.717) is 0 Å². The number of aromatic hydroxyl groups is 3. The average molecular weight is 448 g/mol. The topological polar surface area (TPSA) is 190 Å². The highest BCUT2D eigenvalue weighted by atomic mass is 16.7. The molecule has 1 fully saturated rings. The molecule has 0 aliphatic carbocycles. The van der Waals surface area contributed by atoms with E-state index in [4.69, 9.17) is 13.9 Å². The van der Waals surface area contributed by atoms with Gasteiger partial charge in [0.2, 0.25) is 6.29 Å². The number of fused-ring (bicyclic) bond motifs is 1. The third kappa shape index (κ3) is 3.83. The van der Waals surface area contributed by atoms with E-state index in [9.17, 15) is 40.5 Å². The monoisotopic (exact) mass is 448 g/mol. The van der Waals surface area contributed by atoms with Crippen LogP contribution in [-0.2, 0) is 4.74 Å². The Morgan fingerprint density at radius 3 is 2.38 bits per heavy atom. The molecule has 1 aliphatic heterocycles. The number of phenolic OH excluding ortho intramolecular Hbond substituents is 3. The van der Waals surface area contributed by atoms with Crippen LogP contribution >= 0.6 is 0 Å². The van der Waals surface area contributed by atoms with E-state index in [0.717, 1.165) is 18.2 Å². The Hall–Kier alpha value is -3.35. The first-order chi connectivity index (χ1) is 15.2. The maximum absolute atomic E-state index is 12.4. The number of ether oxygens (including phenoxy) is 2. The van der Waals surface area contributed by atoms with Crippen molar-refractivity contribution < 1.29 is 49.6 Å². The summed E-state index contributed by atoms with van der Waals surface area (Å²) in [6.45, 7) is -0.654. The quantitative estimate of drug-likeness (QED) is 0.279. The number of rotatable bonds is 4. The summed E-state index contributed by atoms with van der Waals surface area (Å²) >= 11 is 0. The highest BCUT2D eigenvalue weighted by Gasteiger charge is 2.45. The largest absolute Gasteiger partial charge is 0.508 e. The molecule has 1 aromatic heterocycles. The molecule has 3 aromatic rings. The van der Waals surface area contributed by atoms with E-state index in [1.165, 1.54) is 18.2 Å². The minimum atomic E-state index is -1.69. The van der Waals surface area contributed by atoms with Crippen LogP contribution in [0.1, 0.15) is 0 Å². The van der Waals surface area contributed by atoms with Crippen molar-refractivity contribution in [2.45, 2.75) is 30.7 Å². The molecule has 0 radical (unpaired) electrons. The Balaban J connectivity index is 1.70. The van der Waals surface area contributed by atoms with E-state index in [-0.39, 0.29) is 39.5 Å². The van der Waals surface area contributed by atoms with Gasteiger partial charge in [0.25, 0.3) is 0 Å². The minimum absolute atomic E-state index is 0.0196. The van der Waals surface area contributed by atoms with Gasteiger partial charge in [0.15, 0.2) is 16.9 Å². The average Bonchev–Trinajstić information content (AvgIpc) is 2.74. The normalized spacial score (nSPS) is 25.7. The van der Waals surface area contributed by atoms with Crippen molar-refractivity contribution in [1.29, 1.82) is 0 Å². The summed E-state index contributed by atoms with van der Waals surface area (Å²) in [5.41, 5.74) is -0.401. The lowest BCUT2D eigenvalue weighted by Crippen LogP contribution is -2.60. The molecule has 0 unspecified atom stereocenters. The molecule has 7 N–H and O–H groups in total. The number of phenols is 3. The van der Waals surface area contributed by atoms with Gasteiger partial charge in [-0.3, -0.25) is 4.79 Å². The van der Waals surface area contributed by atoms with Gasteiger partial charge in [-0.15, -0.1) is 0 Å². The van der Waals surface area contributed by atoms with Gasteiger partial charge in [-0.25, -0.2) is 0 Å². The van der Waals surface area contributed by atoms with E-state index in [1.54, 1.807) is 0 Å². The number of aliphatic hydroxyl groups is 4. The molecule has 11 nitrogen and oxygen atoms in total. The molecule has 4 rings (SSSR count). The Labute approximate surface area is 179 Å². The lowest BCUT2D eigenvalue weighted by atomic mass is 9.99. The fraction of sp³-hybridized carbons (Fsp3) is 0.286. The maximum atomic E-state index is 12.4. The Morgan fingerprint density at radius 1 is 0.906 bits per heavy atom. The first-order valence-electron chi connectivity index (χ1n) is 9.50. The highest BCUT2D eigenvalue weighted by Crippen LogP contribution is 2.36. The van der Waals surface area contributed by atoms with Gasteiger partial charge in [0, 0.05) is 23.8 Å². The van der Waals surface area contributed by atoms with Crippen LogP contribution in [0.15, 0.2) is 45.6 Å². The molecule has 170 valence electrons.